The number of rotatable bonds is 5. The lowest BCUT2D eigenvalue weighted by molar-refractivity contribution is -0.236. The van der Waals surface area contributed by atoms with E-state index >= 15 is 0 Å². The summed E-state index contributed by atoms with van der Waals surface area (Å²) in [5.41, 5.74) is 2.66. The normalized spacial score (nSPS) is 39.8. The summed E-state index contributed by atoms with van der Waals surface area (Å²) >= 11 is 0. The van der Waals surface area contributed by atoms with Gasteiger partial charge in [0.2, 0.25) is 5.66 Å². The summed E-state index contributed by atoms with van der Waals surface area (Å²) in [6.07, 6.45) is 7.45. The first-order valence-corrected chi connectivity index (χ1v) is 11.0. The number of likely N-dealkylation sites (tertiary alicyclic amines) is 2. The number of nitrogens with one attached hydrogen (secondary N) is 3. The van der Waals surface area contributed by atoms with E-state index in [4.69, 9.17) is 0 Å². The van der Waals surface area contributed by atoms with Crippen LogP contribution in [0.5, 0.6) is 0 Å². The van der Waals surface area contributed by atoms with Gasteiger partial charge in [-0.2, -0.15) is 0 Å². The van der Waals surface area contributed by atoms with Crippen molar-refractivity contribution in [1.29, 1.82) is 0 Å². The molecule has 5 heterocycles. The Morgan fingerprint density at radius 2 is 1.59 bits per heavy atom. The fourth-order valence-corrected chi connectivity index (χ4v) is 6.09. The highest BCUT2D eigenvalue weighted by molar-refractivity contribution is 5.95. The van der Waals surface area contributed by atoms with E-state index in [2.05, 4.69) is 35.8 Å². The third kappa shape index (κ3) is 2.68. The SMILES string of the molecule is O=C1NC(CN2CCCC2)(N2CCCCC2)C1(N1CCNC1)N1CCCN1. The van der Waals surface area contributed by atoms with Crippen LogP contribution in [0, 0.1) is 0 Å². The van der Waals surface area contributed by atoms with Crippen LogP contribution in [0.2, 0.25) is 0 Å². The predicted molar refractivity (Wildman–Crippen MR) is 104 cm³/mol. The molecule has 2 unspecified atom stereocenters. The van der Waals surface area contributed by atoms with Crippen molar-refractivity contribution in [2.24, 2.45) is 0 Å². The van der Waals surface area contributed by atoms with E-state index in [0.29, 0.717) is 0 Å². The van der Waals surface area contributed by atoms with Gasteiger partial charge in [0, 0.05) is 45.8 Å². The molecule has 5 aliphatic rings. The largest absolute Gasteiger partial charge is 0.330 e. The quantitative estimate of drug-likeness (QED) is 0.540. The molecule has 0 bridgehead atoms. The second-order valence-electron chi connectivity index (χ2n) is 8.85. The van der Waals surface area contributed by atoms with Gasteiger partial charge in [-0.15, -0.1) is 0 Å². The molecular formula is C19H35N7O. The molecule has 5 rings (SSSR count). The predicted octanol–water partition coefficient (Wildman–Crippen LogP) is -0.836. The van der Waals surface area contributed by atoms with Gasteiger partial charge in [0.15, 0.2) is 0 Å². The lowest BCUT2D eigenvalue weighted by Crippen LogP contribution is -2.98. The Balaban J connectivity index is 1.56. The topological polar surface area (TPSA) is 66.1 Å². The van der Waals surface area contributed by atoms with Crippen molar-refractivity contribution in [1.82, 2.24) is 35.8 Å². The van der Waals surface area contributed by atoms with Crippen LogP contribution in [0.1, 0.15) is 38.5 Å². The molecule has 0 radical (unpaired) electrons. The summed E-state index contributed by atoms with van der Waals surface area (Å²) < 4.78 is 0. The first-order valence-electron chi connectivity index (χ1n) is 11.0. The van der Waals surface area contributed by atoms with Gasteiger partial charge in [-0.3, -0.25) is 24.9 Å². The van der Waals surface area contributed by atoms with Crippen molar-refractivity contribution in [3.8, 4) is 0 Å². The summed E-state index contributed by atoms with van der Waals surface area (Å²) in [6.45, 7) is 10.0. The minimum absolute atomic E-state index is 0.186. The molecule has 5 saturated heterocycles. The van der Waals surface area contributed by atoms with E-state index in [-0.39, 0.29) is 11.6 Å². The fraction of sp³-hybridized carbons (Fsp3) is 0.947. The highest BCUT2D eigenvalue weighted by Crippen LogP contribution is 2.45. The molecule has 0 aliphatic carbocycles. The van der Waals surface area contributed by atoms with Crippen molar-refractivity contribution in [3.05, 3.63) is 0 Å². The minimum Gasteiger partial charge on any atom is -0.330 e. The van der Waals surface area contributed by atoms with Crippen molar-refractivity contribution in [2.75, 3.05) is 65.6 Å². The lowest BCUT2D eigenvalue weighted by atomic mass is 9.77. The highest BCUT2D eigenvalue weighted by atomic mass is 16.2. The minimum atomic E-state index is -0.604. The Bertz CT molecular complexity index is 532. The average Bonchev–Trinajstić information content (AvgIpc) is 3.46. The Labute approximate surface area is 162 Å². The summed E-state index contributed by atoms with van der Waals surface area (Å²) in [6, 6.07) is 0. The standard InChI is InChI=1S/C19H35N7O/c27-17-19(25-14-8-20-16-25,26-13-6-7-21-26)18(22-17,15-23-9-4-5-10-23)24-11-2-1-3-12-24/h20-21H,1-16H2,(H,22,27). The molecule has 1 amide bonds. The van der Waals surface area contributed by atoms with Gasteiger partial charge in [0.25, 0.3) is 5.91 Å². The first kappa shape index (κ1) is 18.3. The summed E-state index contributed by atoms with van der Waals surface area (Å²) in [7, 11) is 0. The molecule has 5 aliphatic heterocycles. The lowest BCUT2D eigenvalue weighted by Gasteiger charge is -2.68. The molecule has 0 aromatic rings. The second-order valence-corrected chi connectivity index (χ2v) is 8.85. The second kappa shape index (κ2) is 7.24. The molecule has 3 N–H and O–H groups in total. The summed E-state index contributed by atoms with van der Waals surface area (Å²) in [5.74, 6) is 0.186. The number of hydrazine groups is 1. The summed E-state index contributed by atoms with van der Waals surface area (Å²) in [4.78, 5) is 21.1. The molecule has 2 atom stereocenters. The molecule has 0 aromatic heterocycles. The van der Waals surface area contributed by atoms with Gasteiger partial charge < -0.3 is 10.6 Å². The number of nitrogens with zero attached hydrogens (tertiary/aromatic N) is 4. The Morgan fingerprint density at radius 3 is 2.22 bits per heavy atom. The van der Waals surface area contributed by atoms with Crippen molar-refractivity contribution in [3.63, 3.8) is 0 Å². The van der Waals surface area contributed by atoms with Gasteiger partial charge in [-0.05, 0) is 45.2 Å². The number of β-lactam (4-membered cyclic amide) rings is 1. The maximum absolute atomic E-state index is 13.5. The van der Waals surface area contributed by atoms with E-state index in [9.17, 15) is 4.79 Å². The van der Waals surface area contributed by atoms with Crippen LogP contribution in [0.3, 0.4) is 0 Å². The number of piperidine rings is 1. The highest BCUT2D eigenvalue weighted by Gasteiger charge is 2.75. The van der Waals surface area contributed by atoms with Gasteiger partial charge in [-0.1, -0.05) is 6.42 Å². The monoisotopic (exact) mass is 377 g/mol. The molecule has 0 spiro atoms. The van der Waals surface area contributed by atoms with Crippen molar-refractivity contribution in [2.45, 2.75) is 49.9 Å². The van der Waals surface area contributed by atoms with Gasteiger partial charge in [-0.25, -0.2) is 5.01 Å². The zero-order valence-electron chi connectivity index (χ0n) is 16.5. The Morgan fingerprint density at radius 1 is 0.815 bits per heavy atom. The van der Waals surface area contributed by atoms with Crippen LogP contribution < -0.4 is 16.1 Å². The van der Waals surface area contributed by atoms with Crippen LogP contribution in [-0.2, 0) is 4.79 Å². The number of carbonyl (C=O) groups is 1. The zero-order valence-corrected chi connectivity index (χ0v) is 16.5. The number of hydrogen-bond donors (Lipinski definition) is 3. The third-order valence-electron chi connectivity index (χ3n) is 7.33. The molecule has 0 aromatic carbocycles. The molecule has 152 valence electrons. The van der Waals surface area contributed by atoms with E-state index in [0.717, 1.165) is 72.0 Å². The van der Waals surface area contributed by atoms with Gasteiger partial charge in [0.1, 0.15) is 5.66 Å². The molecule has 8 nitrogen and oxygen atoms in total. The zero-order chi connectivity index (χ0) is 18.3. The van der Waals surface area contributed by atoms with E-state index < -0.39 is 5.66 Å². The van der Waals surface area contributed by atoms with Crippen LogP contribution in [-0.4, -0.2) is 103 Å². The average molecular weight is 378 g/mol. The Hall–Kier alpha value is -0.770. The smallest absolute Gasteiger partial charge is 0.262 e. The maximum atomic E-state index is 13.5. The van der Waals surface area contributed by atoms with E-state index in [1.54, 1.807) is 0 Å². The summed E-state index contributed by atoms with van der Waals surface area (Å²) in [5, 5.41) is 9.27. The number of carbonyl (C=O) groups excluding carboxylic acids is 1. The molecule has 5 fully saturated rings. The van der Waals surface area contributed by atoms with Crippen molar-refractivity contribution < 1.29 is 4.79 Å². The van der Waals surface area contributed by atoms with Crippen LogP contribution in [0.4, 0.5) is 0 Å². The van der Waals surface area contributed by atoms with E-state index in [1.165, 1.54) is 32.1 Å². The fourth-order valence-electron chi connectivity index (χ4n) is 6.09. The molecule has 27 heavy (non-hydrogen) atoms. The molecule has 8 heteroatoms. The third-order valence-corrected chi connectivity index (χ3v) is 7.33. The number of amides is 1. The number of hydrogen-bond acceptors (Lipinski definition) is 7. The van der Waals surface area contributed by atoms with Crippen LogP contribution in [0.25, 0.3) is 0 Å². The van der Waals surface area contributed by atoms with Crippen LogP contribution in [0.15, 0.2) is 0 Å². The van der Waals surface area contributed by atoms with Gasteiger partial charge in [0.05, 0.1) is 6.67 Å². The Kier molecular flexibility index (Phi) is 4.90. The maximum Gasteiger partial charge on any atom is 0.262 e. The first-order chi connectivity index (χ1) is 13.3. The van der Waals surface area contributed by atoms with Crippen LogP contribution >= 0.6 is 0 Å². The van der Waals surface area contributed by atoms with E-state index in [1.807, 2.05) is 0 Å². The van der Waals surface area contributed by atoms with Gasteiger partial charge >= 0.3 is 0 Å². The molecule has 0 saturated carbocycles. The van der Waals surface area contributed by atoms with Crippen molar-refractivity contribution >= 4 is 5.91 Å². The molecular weight excluding hydrogens is 342 g/mol.